The van der Waals surface area contributed by atoms with Gasteiger partial charge in [0.25, 0.3) is 0 Å². The van der Waals surface area contributed by atoms with Crippen LogP contribution in [0.15, 0.2) is 34.6 Å². The summed E-state index contributed by atoms with van der Waals surface area (Å²) >= 11 is 0. The van der Waals surface area contributed by atoms with Crippen LogP contribution in [0, 0.1) is 12.3 Å². The summed E-state index contributed by atoms with van der Waals surface area (Å²) in [5.41, 5.74) is 0.602. The lowest BCUT2D eigenvalue weighted by molar-refractivity contribution is 0.169. The van der Waals surface area contributed by atoms with Crippen molar-refractivity contribution in [2.24, 2.45) is 10.2 Å². The Hall–Kier alpha value is -2.70. The molecule has 2 aromatic heterocycles. The predicted molar refractivity (Wildman–Crippen MR) is 118 cm³/mol. The van der Waals surface area contributed by atoms with Gasteiger partial charge in [-0.3, -0.25) is 4.98 Å². The molecule has 1 aliphatic carbocycles. The normalized spacial score (nSPS) is 28.5. The highest BCUT2D eigenvalue weighted by Crippen LogP contribution is 2.43. The molecular weight excluding hydrogens is 404 g/mol. The molecule has 0 radical (unpaired) electrons. The van der Waals surface area contributed by atoms with E-state index in [1.54, 1.807) is 0 Å². The molecule has 2 fully saturated rings. The van der Waals surface area contributed by atoms with Crippen LogP contribution in [0.25, 0.3) is 0 Å². The van der Waals surface area contributed by atoms with Gasteiger partial charge in [-0.2, -0.15) is 10.2 Å². The topological polar surface area (TPSA) is 102 Å². The van der Waals surface area contributed by atoms with Crippen molar-refractivity contribution >= 4 is 0 Å². The largest absolute Gasteiger partial charge is 0.379 e. The molecule has 1 unspecified atom stereocenters. The lowest BCUT2D eigenvalue weighted by Gasteiger charge is -2.40. The van der Waals surface area contributed by atoms with Gasteiger partial charge in [0, 0.05) is 50.2 Å². The zero-order valence-corrected chi connectivity index (χ0v) is 18.4. The van der Waals surface area contributed by atoms with E-state index in [9.17, 15) is 0 Å². The number of ether oxygens (including phenoxy) is 1. The van der Waals surface area contributed by atoms with E-state index in [0.29, 0.717) is 18.9 Å². The molecule has 0 amide bonds. The van der Waals surface area contributed by atoms with Gasteiger partial charge in [-0.15, -0.1) is 17.4 Å². The molecule has 1 saturated heterocycles. The molecule has 1 saturated carbocycles. The average molecular weight is 435 g/mol. The molecule has 0 spiro atoms. The fourth-order valence-electron chi connectivity index (χ4n) is 5.14. The molecular formula is C23H30N8O. The Balaban J connectivity index is 1.33. The van der Waals surface area contributed by atoms with Crippen molar-refractivity contribution in [1.29, 1.82) is 0 Å². The van der Waals surface area contributed by atoms with Crippen molar-refractivity contribution < 1.29 is 4.74 Å². The number of rotatable bonds is 9. The van der Waals surface area contributed by atoms with E-state index < -0.39 is 0 Å². The summed E-state index contributed by atoms with van der Waals surface area (Å²) in [6.45, 7) is 2.21. The van der Waals surface area contributed by atoms with E-state index in [2.05, 4.69) is 54.1 Å². The predicted octanol–water partition coefficient (Wildman–Crippen LogP) is 3.14. The number of aromatic nitrogens is 5. The minimum Gasteiger partial charge on any atom is -0.379 e. The van der Waals surface area contributed by atoms with Crippen molar-refractivity contribution in [3.63, 3.8) is 0 Å². The number of tetrazole rings is 1. The molecule has 1 N–H and O–H groups in total. The number of nitrogens with zero attached hydrogens (tertiary/aromatic N) is 7. The number of hydrogen-bond donors (Lipinski definition) is 1. The molecule has 0 bridgehead atoms. The summed E-state index contributed by atoms with van der Waals surface area (Å²) in [5.74, 6) is 4.09. The number of terminal acetylenes is 1. The maximum absolute atomic E-state index is 5.62. The van der Waals surface area contributed by atoms with Crippen LogP contribution in [0.3, 0.4) is 0 Å². The maximum Gasteiger partial charge on any atom is 0.193 e. The first-order valence-electron chi connectivity index (χ1n) is 11.6. The van der Waals surface area contributed by atoms with E-state index in [0.717, 1.165) is 63.9 Å². The van der Waals surface area contributed by atoms with Crippen LogP contribution in [-0.4, -0.2) is 50.6 Å². The second-order valence-corrected chi connectivity index (χ2v) is 9.14. The third kappa shape index (κ3) is 4.30. The Morgan fingerprint density at radius 1 is 1.19 bits per heavy atom. The summed E-state index contributed by atoms with van der Waals surface area (Å²) in [4.78, 5) is 4.60. The van der Waals surface area contributed by atoms with E-state index >= 15 is 0 Å². The van der Waals surface area contributed by atoms with E-state index in [-0.39, 0.29) is 17.2 Å². The van der Waals surface area contributed by atoms with Crippen molar-refractivity contribution in [2.75, 3.05) is 19.8 Å². The van der Waals surface area contributed by atoms with Gasteiger partial charge in [-0.1, -0.05) is 6.07 Å². The summed E-state index contributed by atoms with van der Waals surface area (Å²) < 4.78 is 7.62. The Labute approximate surface area is 188 Å². The third-order valence-corrected chi connectivity index (χ3v) is 7.16. The lowest BCUT2D eigenvalue weighted by atomic mass is 9.74. The monoisotopic (exact) mass is 434 g/mol. The van der Waals surface area contributed by atoms with Crippen LogP contribution < -0.4 is 5.32 Å². The van der Waals surface area contributed by atoms with Gasteiger partial charge >= 0.3 is 0 Å². The second kappa shape index (κ2) is 9.04. The Morgan fingerprint density at radius 3 is 2.75 bits per heavy atom. The Bertz CT molecular complexity index is 961. The van der Waals surface area contributed by atoms with Crippen LogP contribution in [0.4, 0.5) is 0 Å². The van der Waals surface area contributed by atoms with E-state index in [1.165, 1.54) is 5.69 Å². The van der Waals surface area contributed by atoms with Crippen LogP contribution in [0.5, 0.6) is 0 Å². The zero-order valence-electron chi connectivity index (χ0n) is 18.4. The number of nitrogens with one attached hydrogen (secondary N) is 1. The highest BCUT2D eigenvalue weighted by atomic mass is 16.5. The van der Waals surface area contributed by atoms with E-state index in [4.69, 9.17) is 11.2 Å². The fraction of sp³-hybridized carbons (Fsp3) is 0.652. The van der Waals surface area contributed by atoms with Crippen molar-refractivity contribution in [1.82, 2.24) is 30.5 Å². The molecule has 32 heavy (non-hydrogen) atoms. The molecule has 0 aromatic carbocycles. The molecule has 1 atom stereocenters. The molecule has 2 aliphatic heterocycles. The first-order valence-corrected chi connectivity index (χ1v) is 11.6. The molecule has 9 nitrogen and oxygen atoms in total. The fourth-order valence-corrected chi connectivity index (χ4v) is 5.14. The van der Waals surface area contributed by atoms with Crippen molar-refractivity contribution in [3.8, 4) is 12.3 Å². The minimum absolute atomic E-state index is 0.197. The van der Waals surface area contributed by atoms with Gasteiger partial charge in [0.1, 0.15) is 0 Å². The van der Waals surface area contributed by atoms with Gasteiger partial charge in [0.05, 0.1) is 18.2 Å². The Kier molecular flexibility index (Phi) is 5.98. The lowest BCUT2D eigenvalue weighted by Crippen LogP contribution is -2.48. The average Bonchev–Trinajstić information content (AvgIpc) is 3.22. The molecule has 168 valence electrons. The van der Waals surface area contributed by atoms with Gasteiger partial charge in [-0.25, -0.2) is 4.68 Å². The van der Waals surface area contributed by atoms with Crippen molar-refractivity contribution in [2.45, 2.75) is 74.5 Å². The summed E-state index contributed by atoms with van der Waals surface area (Å²) in [7, 11) is 0. The zero-order chi connectivity index (χ0) is 21.9. The maximum atomic E-state index is 5.62. The first kappa shape index (κ1) is 21.2. The van der Waals surface area contributed by atoms with Gasteiger partial charge in [-0.05, 0) is 54.7 Å². The molecule has 9 heteroatoms. The molecule has 2 aromatic rings. The smallest absolute Gasteiger partial charge is 0.193 e. The minimum atomic E-state index is -0.295. The second-order valence-electron chi connectivity index (χ2n) is 9.14. The first-order chi connectivity index (χ1) is 15.7. The molecule has 5 rings (SSSR count). The summed E-state index contributed by atoms with van der Waals surface area (Å²) in [6, 6.07) is 6.38. The van der Waals surface area contributed by atoms with Crippen LogP contribution in [-0.2, 0) is 10.3 Å². The van der Waals surface area contributed by atoms with Crippen molar-refractivity contribution in [3.05, 3.63) is 35.9 Å². The third-order valence-electron chi connectivity index (χ3n) is 7.16. The highest BCUT2D eigenvalue weighted by Gasteiger charge is 2.44. The number of pyridine rings is 1. The van der Waals surface area contributed by atoms with Crippen LogP contribution in [0.1, 0.15) is 74.8 Å². The highest BCUT2D eigenvalue weighted by molar-refractivity contribution is 5.16. The Morgan fingerprint density at radius 2 is 2.06 bits per heavy atom. The van der Waals surface area contributed by atoms with Crippen LogP contribution >= 0.6 is 0 Å². The van der Waals surface area contributed by atoms with Gasteiger partial charge in [0.2, 0.25) is 0 Å². The molecule has 3 aliphatic rings. The summed E-state index contributed by atoms with van der Waals surface area (Å²) in [5, 5.41) is 25.4. The summed E-state index contributed by atoms with van der Waals surface area (Å²) in [6.07, 6.45) is 14.6. The molecule has 4 heterocycles. The SMILES string of the molecule is C#CCCC1(CCNC2(c3nnnn3C3CCOC3)CCC(c3ccccn3)CC2)N=N1. The quantitative estimate of drug-likeness (QED) is 0.608. The van der Waals surface area contributed by atoms with Crippen LogP contribution in [0.2, 0.25) is 0 Å². The van der Waals surface area contributed by atoms with Gasteiger partial charge < -0.3 is 10.1 Å². The standard InChI is InChI=1S/C23H30N8O/c1-2-3-10-23(27-28-23)13-15-25-22(21-26-29-30-31(21)19-9-16-32-17-19)11-7-18(8-12-22)20-6-4-5-14-24-20/h1,4-6,14,18-19,25H,3,7-13,15-17H2. The van der Waals surface area contributed by atoms with Gasteiger partial charge in [0.15, 0.2) is 11.5 Å². The van der Waals surface area contributed by atoms with E-state index in [1.807, 2.05) is 16.9 Å². The number of hydrogen-bond acceptors (Lipinski definition) is 8.